The predicted octanol–water partition coefficient (Wildman–Crippen LogP) is -0.208. The van der Waals surface area contributed by atoms with Crippen LogP contribution in [0.3, 0.4) is 0 Å². The molecule has 0 aliphatic heterocycles. The highest BCUT2D eigenvalue weighted by Gasteiger charge is 2.38. The summed E-state index contributed by atoms with van der Waals surface area (Å²) in [6.45, 7) is 1.97. The van der Waals surface area contributed by atoms with Gasteiger partial charge in [0.2, 0.25) is 5.91 Å². The first kappa shape index (κ1) is 8.83. The lowest BCUT2D eigenvalue weighted by atomic mass is 10.3. The van der Waals surface area contributed by atoms with Gasteiger partial charge in [0.25, 0.3) is 0 Å². The van der Waals surface area contributed by atoms with E-state index in [2.05, 4.69) is 10.5 Å². The average Bonchev–Trinajstić information content (AvgIpc) is 2.67. The molecule has 4 N–H and O–H groups in total. The van der Waals surface area contributed by atoms with Crippen molar-refractivity contribution in [2.24, 2.45) is 10.9 Å². The minimum atomic E-state index is -0.190. The summed E-state index contributed by atoms with van der Waals surface area (Å²) in [6, 6.07) is 0. The van der Waals surface area contributed by atoms with Crippen molar-refractivity contribution in [1.82, 2.24) is 5.32 Å². The van der Waals surface area contributed by atoms with Gasteiger partial charge in [-0.05, 0) is 19.8 Å². The van der Waals surface area contributed by atoms with Crippen molar-refractivity contribution in [2.45, 2.75) is 31.7 Å². The third-order valence-corrected chi connectivity index (χ3v) is 1.91. The fourth-order valence-electron chi connectivity index (χ4n) is 0.893. The Labute approximate surface area is 70.6 Å². The van der Waals surface area contributed by atoms with Crippen LogP contribution < -0.4 is 11.1 Å². The lowest BCUT2D eigenvalue weighted by Gasteiger charge is -2.10. The molecule has 1 aliphatic carbocycles. The molecule has 5 heteroatoms. The van der Waals surface area contributed by atoms with E-state index in [1.54, 1.807) is 0 Å². The number of hydrogen-bond acceptors (Lipinski definition) is 3. The zero-order valence-electron chi connectivity index (χ0n) is 7.00. The molecular formula is C7H13N3O2. The molecule has 0 aromatic carbocycles. The number of carbonyl (C=O) groups excluding carboxylic acids is 1. The highest BCUT2D eigenvalue weighted by Crippen LogP contribution is 2.34. The van der Waals surface area contributed by atoms with Gasteiger partial charge in [-0.1, -0.05) is 5.16 Å². The van der Waals surface area contributed by atoms with Crippen molar-refractivity contribution in [3.63, 3.8) is 0 Å². The number of hydrogen-bond donors (Lipinski definition) is 3. The maximum absolute atomic E-state index is 11.1. The van der Waals surface area contributed by atoms with Crippen LogP contribution in [0.2, 0.25) is 0 Å². The number of amides is 1. The summed E-state index contributed by atoms with van der Waals surface area (Å²) in [5.74, 6) is -0.248. The molecule has 0 saturated heterocycles. The summed E-state index contributed by atoms with van der Waals surface area (Å²) in [7, 11) is 0. The topological polar surface area (TPSA) is 87.7 Å². The number of oxime groups is 1. The molecule has 0 aromatic rings. The third-order valence-electron chi connectivity index (χ3n) is 1.91. The van der Waals surface area contributed by atoms with Crippen LogP contribution >= 0.6 is 0 Å². The summed E-state index contributed by atoms with van der Waals surface area (Å²) < 4.78 is 0. The Bertz CT molecular complexity index is 221. The molecule has 0 atom stereocenters. The Hall–Kier alpha value is -1.26. The van der Waals surface area contributed by atoms with Crippen molar-refractivity contribution in [3.8, 4) is 0 Å². The largest absolute Gasteiger partial charge is 0.409 e. The van der Waals surface area contributed by atoms with Gasteiger partial charge in [-0.15, -0.1) is 0 Å². The number of nitrogens with two attached hydrogens (primary N) is 1. The minimum absolute atomic E-state index is 0.0349. The standard InChI is InChI=1S/C7H13N3O2/c1-7(2-3-7)9-6(11)4-5(8)10-12/h12H,2-4H2,1H3,(H2,8,10)(H,9,11). The maximum atomic E-state index is 11.1. The summed E-state index contributed by atoms with van der Waals surface area (Å²) in [5.41, 5.74) is 5.12. The van der Waals surface area contributed by atoms with Gasteiger partial charge in [-0.25, -0.2) is 0 Å². The molecule has 0 spiro atoms. The number of amidine groups is 1. The first-order valence-corrected chi connectivity index (χ1v) is 3.83. The number of rotatable bonds is 3. The Morgan fingerprint density at radius 1 is 1.75 bits per heavy atom. The van der Waals surface area contributed by atoms with Crippen LogP contribution in [-0.4, -0.2) is 22.5 Å². The molecule has 0 heterocycles. The number of nitrogens with zero attached hydrogens (tertiary/aromatic N) is 1. The van der Waals surface area contributed by atoms with Gasteiger partial charge in [0.05, 0.1) is 6.42 Å². The fraction of sp³-hybridized carbons (Fsp3) is 0.714. The first-order chi connectivity index (χ1) is 5.56. The van der Waals surface area contributed by atoms with Gasteiger partial charge < -0.3 is 16.3 Å². The molecular weight excluding hydrogens is 158 g/mol. The Morgan fingerprint density at radius 3 is 2.75 bits per heavy atom. The minimum Gasteiger partial charge on any atom is -0.409 e. The van der Waals surface area contributed by atoms with Crippen LogP contribution in [0.5, 0.6) is 0 Å². The van der Waals surface area contributed by atoms with Gasteiger partial charge in [0.1, 0.15) is 5.84 Å². The van der Waals surface area contributed by atoms with Crippen LogP contribution in [-0.2, 0) is 4.79 Å². The van der Waals surface area contributed by atoms with E-state index < -0.39 is 0 Å². The summed E-state index contributed by atoms with van der Waals surface area (Å²) in [4.78, 5) is 11.1. The molecule has 0 bridgehead atoms. The van der Waals surface area contributed by atoms with Crippen molar-refractivity contribution in [3.05, 3.63) is 0 Å². The van der Waals surface area contributed by atoms with E-state index in [1.165, 1.54) is 0 Å². The second-order valence-electron chi connectivity index (χ2n) is 3.38. The molecule has 0 aromatic heterocycles. The lowest BCUT2D eigenvalue weighted by molar-refractivity contribution is -0.120. The summed E-state index contributed by atoms with van der Waals surface area (Å²) in [6.07, 6.45) is 1.98. The van der Waals surface area contributed by atoms with Gasteiger partial charge >= 0.3 is 0 Å². The van der Waals surface area contributed by atoms with Crippen molar-refractivity contribution in [2.75, 3.05) is 0 Å². The molecule has 1 rings (SSSR count). The molecule has 0 unspecified atom stereocenters. The maximum Gasteiger partial charge on any atom is 0.228 e. The van der Waals surface area contributed by atoms with Crippen LogP contribution in [0.4, 0.5) is 0 Å². The highest BCUT2D eigenvalue weighted by atomic mass is 16.4. The Morgan fingerprint density at radius 2 is 2.33 bits per heavy atom. The van der Waals surface area contributed by atoms with E-state index in [4.69, 9.17) is 10.9 Å². The van der Waals surface area contributed by atoms with Crippen molar-refractivity contribution >= 4 is 11.7 Å². The zero-order chi connectivity index (χ0) is 9.19. The normalized spacial score (nSPS) is 20.2. The number of carbonyl (C=O) groups is 1. The van der Waals surface area contributed by atoms with Gasteiger partial charge in [-0.2, -0.15) is 0 Å². The summed E-state index contributed by atoms with van der Waals surface area (Å²) >= 11 is 0. The Balaban J connectivity index is 2.29. The average molecular weight is 171 g/mol. The van der Waals surface area contributed by atoms with Crippen molar-refractivity contribution in [1.29, 1.82) is 0 Å². The van der Waals surface area contributed by atoms with Crippen LogP contribution in [0.15, 0.2) is 5.16 Å². The fourth-order valence-corrected chi connectivity index (χ4v) is 0.893. The van der Waals surface area contributed by atoms with E-state index in [-0.39, 0.29) is 23.7 Å². The highest BCUT2D eigenvalue weighted by molar-refractivity contribution is 5.99. The number of nitrogens with one attached hydrogen (secondary N) is 1. The van der Waals surface area contributed by atoms with Crippen molar-refractivity contribution < 1.29 is 10.0 Å². The Kier molecular flexibility index (Phi) is 2.21. The van der Waals surface area contributed by atoms with Gasteiger partial charge in [-0.3, -0.25) is 4.79 Å². The quantitative estimate of drug-likeness (QED) is 0.237. The molecule has 1 aliphatic rings. The van der Waals surface area contributed by atoms with Gasteiger partial charge in [0, 0.05) is 5.54 Å². The molecule has 1 amide bonds. The lowest BCUT2D eigenvalue weighted by Crippen LogP contribution is -2.36. The van der Waals surface area contributed by atoms with E-state index in [0.717, 1.165) is 12.8 Å². The molecule has 1 saturated carbocycles. The zero-order valence-corrected chi connectivity index (χ0v) is 7.00. The molecule has 68 valence electrons. The molecule has 5 nitrogen and oxygen atoms in total. The van der Waals surface area contributed by atoms with Crippen LogP contribution in [0.1, 0.15) is 26.2 Å². The predicted molar refractivity (Wildman–Crippen MR) is 43.8 cm³/mol. The molecule has 12 heavy (non-hydrogen) atoms. The third kappa shape index (κ3) is 2.41. The smallest absolute Gasteiger partial charge is 0.228 e. The molecule has 0 radical (unpaired) electrons. The molecule has 1 fully saturated rings. The monoisotopic (exact) mass is 171 g/mol. The van der Waals surface area contributed by atoms with Crippen LogP contribution in [0, 0.1) is 0 Å². The van der Waals surface area contributed by atoms with E-state index in [1.807, 2.05) is 6.92 Å². The van der Waals surface area contributed by atoms with Gasteiger partial charge in [0.15, 0.2) is 0 Å². The SMILES string of the molecule is CC1(NC(=O)CC(N)=NO)CC1. The van der Waals surface area contributed by atoms with E-state index >= 15 is 0 Å². The second-order valence-corrected chi connectivity index (χ2v) is 3.38. The van der Waals surface area contributed by atoms with E-state index in [0.29, 0.717) is 0 Å². The second kappa shape index (κ2) is 3.00. The summed E-state index contributed by atoms with van der Waals surface area (Å²) in [5, 5.41) is 13.7. The van der Waals surface area contributed by atoms with E-state index in [9.17, 15) is 4.79 Å². The first-order valence-electron chi connectivity index (χ1n) is 3.83. The van der Waals surface area contributed by atoms with Crippen LogP contribution in [0.25, 0.3) is 0 Å².